The van der Waals surface area contributed by atoms with Gasteiger partial charge in [0.05, 0.1) is 30.2 Å². The fourth-order valence-corrected chi connectivity index (χ4v) is 3.22. The van der Waals surface area contributed by atoms with Crippen LogP contribution in [0, 0.1) is 0 Å². The number of aromatic nitrogens is 2. The molecule has 0 unspecified atom stereocenters. The highest BCUT2D eigenvalue weighted by Gasteiger charge is 2.17. The number of amides is 2. The number of aryl methyl sites for hydroxylation is 1. The normalized spacial score (nSPS) is 12.5. The van der Waals surface area contributed by atoms with Crippen molar-refractivity contribution in [1.29, 1.82) is 0 Å². The van der Waals surface area contributed by atoms with Crippen LogP contribution in [-0.4, -0.2) is 21.6 Å². The molecule has 136 valence electrons. The van der Waals surface area contributed by atoms with Crippen LogP contribution in [0.3, 0.4) is 0 Å². The third-order valence-corrected chi connectivity index (χ3v) is 4.55. The van der Waals surface area contributed by atoms with Gasteiger partial charge in [-0.1, -0.05) is 30.3 Å². The molecule has 4 rings (SSSR count). The minimum absolute atomic E-state index is 0.0272. The highest BCUT2D eigenvalue weighted by molar-refractivity contribution is 5.99. The van der Waals surface area contributed by atoms with Gasteiger partial charge in [-0.15, -0.1) is 0 Å². The number of benzene rings is 2. The first-order valence-electron chi connectivity index (χ1n) is 8.99. The molecule has 27 heavy (non-hydrogen) atoms. The molecular weight excluding hydrogens is 340 g/mol. The second kappa shape index (κ2) is 7.45. The van der Waals surface area contributed by atoms with E-state index in [-0.39, 0.29) is 11.8 Å². The number of nitrogens with zero attached hydrogens (tertiary/aromatic N) is 2. The van der Waals surface area contributed by atoms with Gasteiger partial charge in [-0.25, -0.2) is 4.68 Å². The maximum atomic E-state index is 12.2. The number of rotatable bonds is 6. The number of hydrogen-bond acceptors (Lipinski definition) is 3. The third-order valence-electron chi connectivity index (χ3n) is 4.55. The van der Waals surface area contributed by atoms with Crippen LogP contribution in [0.15, 0.2) is 60.9 Å². The lowest BCUT2D eigenvalue weighted by Gasteiger charge is -2.05. The lowest BCUT2D eigenvalue weighted by molar-refractivity contribution is -0.116. The molecule has 0 fully saturated rings. The van der Waals surface area contributed by atoms with Crippen molar-refractivity contribution in [2.75, 3.05) is 10.6 Å². The van der Waals surface area contributed by atoms with Gasteiger partial charge in [0.25, 0.3) is 0 Å². The Labute approximate surface area is 157 Å². The van der Waals surface area contributed by atoms with Gasteiger partial charge in [0, 0.05) is 12.1 Å². The Morgan fingerprint density at radius 2 is 2.04 bits per heavy atom. The molecule has 0 saturated carbocycles. The number of para-hydroxylation sites is 1. The van der Waals surface area contributed by atoms with Crippen LogP contribution in [0.4, 0.5) is 11.4 Å². The molecule has 1 aliphatic rings. The van der Waals surface area contributed by atoms with E-state index in [9.17, 15) is 9.59 Å². The molecular formula is C21H20N4O2. The van der Waals surface area contributed by atoms with Crippen molar-refractivity contribution in [1.82, 2.24) is 9.78 Å². The average Bonchev–Trinajstić information content (AvgIpc) is 3.27. The van der Waals surface area contributed by atoms with Gasteiger partial charge in [0.1, 0.15) is 0 Å². The van der Waals surface area contributed by atoms with Crippen LogP contribution in [0.5, 0.6) is 0 Å². The van der Waals surface area contributed by atoms with Gasteiger partial charge in [0.15, 0.2) is 0 Å². The Morgan fingerprint density at radius 1 is 1.19 bits per heavy atom. The molecule has 1 aromatic heterocycles. The Balaban J connectivity index is 1.28. The third kappa shape index (κ3) is 4.06. The summed E-state index contributed by atoms with van der Waals surface area (Å²) in [4.78, 5) is 23.6. The van der Waals surface area contributed by atoms with E-state index in [4.69, 9.17) is 0 Å². The van der Waals surface area contributed by atoms with Gasteiger partial charge < -0.3 is 10.6 Å². The fraction of sp³-hybridized carbons (Fsp3) is 0.190. The molecule has 2 heterocycles. The molecule has 0 aliphatic carbocycles. The molecule has 0 bridgehead atoms. The zero-order chi connectivity index (χ0) is 18.6. The minimum atomic E-state index is -0.0272. The molecule has 0 saturated heterocycles. The van der Waals surface area contributed by atoms with E-state index in [1.54, 1.807) is 17.1 Å². The first-order valence-corrected chi connectivity index (χ1v) is 8.99. The molecule has 6 heteroatoms. The number of fused-ring (bicyclic) bond motifs is 1. The van der Waals surface area contributed by atoms with Gasteiger partial charge in [-0.3, -0.25) is 9.59 Å². The average molecular weight is 360 g/mol. The molecule has 0 radical (unpaired) electrons. The molecule has 3 aromatic rings. The SMILES string of the molecule is O=C(CCCc1ccc2c(c1)CC(=O)N2)Nc1cnn(-c2ccccc2)c1. The Bertz CT molecular complexity index is 979. The van der Waals surface area contributed by atoms with Crippen molar-refractivity contribution in [3.63, 3.8) is 0 Å². The fourth-order valence-electron chi connectivity index (χ4n) is 3.22. The summed E-state index contributed by atoms with van der Waals surface area (Å²) in [7, 11) is 0. The lowest BCUT2D eigenvalue weighted by Crippen LogP contribution is -2.11. The van der Waals surface area contributed by atoms with Crippen molar-refractivity contribution < 1.29 is 9.59 Å². The van der Waals surface area contributed by atoms with Crippen molar-refractivity contribution in [2.45, 2.75) is 25.7 Å². The minimum Gasteiger partial charge on any atom is -0.326 e. The van der Waals surface area contributed by atoms with Crippen LogP contribution < -0.4 is 10.6 Å². The Kier molecular flexibility index (Phi) is 4.70. The Hall–Kier alpha value is -3.41. The lowest BCUT2D eigenvalue weighted by atomic mass is 10.0. The van der Waals surface area contributed by atoms with Crippen LogP contribution in [0.25, 0.3) is 5.69 Å². The molecule has 2 aromatic carbocycles. The van der Waals surface area contributed by atoms with Crippen molar-refractivity contribution in [3.8, 4) is 5.69 Å². The van der Waals surface area contributed by atoms with E-state index in [0.29, 0.717) is 18.5 Å². The van der Waals surface area contributed by atoms with E-state index < -0.39 is 0 Å². The van der Waals surface area contributed by atoms with Crippen molar-refractivity contribution >= 4 is 23.2 Å². The van der Waals surface area contributed by atoms with E-state index >= 15 is 0 Å². The molecule has 0 spiro atoms. The van der Waals surface area contributed by atoms with Gasteiger partial charge in [-0.05, 0) is 42.2 Å². The maximum absolute atomic E-state index is 12.2. The second-order valence-corrected chi connectivity index (χ2v) is 6.63. The van der Waals surface area contributed by atoms with Crippen molar-refractivity contribution in [2.24, 2.45) is 0 Å². The van der Waals surface area contributed by atoms with Crippen LogP contribution >= 0.6 is 0 Å². The van der Waals surface area contributed by atoms with Crippen LogP contribution in [0.2, 0.25) is 0 Å². The number of carbonyl (C=O) groups excluding carboxylic acids is 2. The summed E-state index contributed by atoms with van der Waals surface area (Å²) in [6, 6.07) is 15.7. The van der Waals surface area contributed by atoms with E-state index in [1.165, 1.54) is 0 Å². The van der Waals surface area contributed by atoms with E-state index in [0.717, 1.165) is 35.3 Å². The molecule has 2 N–H and O–H groups in total. The summed E-state index contributed by atoms with van der Waals surface area (Å²) < 4.78 is 1.73. The largest absolute Gasteiger partial charge is 0.326 e. The first-order chi connectivity index (χ1) is 13.2. The van der Waals surface area contributed by atoms with E-state index in [2.05, 4.69) is 21.8 Å². The number of nitrogens with one attached hydrogen (secondary N) is 2. The summed E-state index contributed by atoms with van der Waals surface area (Å²) in [5.74, 6) is 0.0122. The zero-order valence-corrected chi connectivity index (χ0v) is 14.8. The number of carbonyl (C=O) groups is 2. The summed E-state index contributed by atoms with van der Waals surface area (Å²) in [6.45, 7) is 0. The second-order valence-electron chi connectivity index (χ2n) is 6.63. The zero-order valence-electron chi connectivity index (χ0n) is 14.8. The molecule has 6 nitrogen and oxygen atoms in total. The topological polar surface area (TPSA) is 76.0 Å². The van der Waals surface area contributed by atoms with Crippen molar-refractivity contribution in [3.05, 3.63) is 72.1 Å². The monoisotopic (exact) mass is 360 g/mol. The van der Waals surface area contributed by atoms with Gasteiger partial charge in [-0.2, -0.15) is 5.10 Å². The quantitative estimate of drug-likeness (QED) is 0.708. The summed E-state index contributed by atoms with van der Waals surface area (Å²) in [6.07, 6.45) is 5.88. The highest BCUT2D eigenvalue weighted by atomic mass is 16.2. The molecule has 2 amide bonds. The predicted octanol–water partition coefficient (Wildman–Crippen LogP) is 3.33. The summed E-state index contributed by atoms with van der Waals surface area (Å²) >= 11 is 0. The van der Waals surface area contributed by atoms with Crippen LogP contribution in [-0.2, 0) is 22.4 Å². The standard InChI is InChI=1S/C21H20N4O2/c26-20(23-17-13-22-25(14-17)18-6-2-1-3-7-18)8-4-5-15-9-10-19-16(11-15)12-21(27)24-19/h1-3,6-7,9-11,13-14H,4-5,8,12H2,(H,23,26)(H,24,27). The highest BCUT2D eigenvalue weighted by Crippen LogP contribution is 2.24. The number of hydrogen-bond donors (Lipinski definition) is 2. The Morgan fingerprint density at radius 3 is 2.89 bits per heavy atom. The summed E-state index contributed by atoms with van der Waals surface area (Å²) in [5, 5.41) is 9.99. The molecule has 0 atom stereocenters. The maximum Gasteiger partial charge on any atom is 0.228 e. The summed E-state index contributed by atoms with van der Waals surface area (Å²) in [5.41, 5.74) is 4.72. The van der Waals surface area contributed by atoms with Gasteiger partial charge in [0.2, 0.25) is 11.8 Å². The first kappa shape index (κ1) is 17.0. The number of anilines is 2. The van der Waals surface area contributed by atoms with Crippen LogP contribution in [0.1, 0.15) is 24.0 Å². The smallest absolute Gasteiger partial charge is 0.228 e. The van der Waals surface area contributed by atoms with Gasteiger partial charge >= 0.3 is 0 Å². The predicted molar refractivity (Wildman–Crippen MR) is 104 cm³/mol. The van der Waals surface area contributed by atoms with E-state index in [1.807, 2.05) is 42.5 Å². The molecule has 1 aliphatic heterocycles.